The summed E-state index contributed by atoms with van der Waals surface area (Å²) in [4.78, 5) is 28.2. The molecule has 4 nitrogen and oxygen atoms in total. The first-order chi connectivity index (χ1) is 10.2. The Hall–Kier alpha value is -2.51. The highest BCUT2D eigenvalue weighted by Gasteiger charge is 2.11. The van der Waals surface area contributed by atoms with Crippen LogP contribution in [0.1, 0.15) is 16.7 Å². The molecular formula is C16H11ClN2O2. The molecule has 2 rings (SSSR count). The largest absolute Gasteiger partial charge is 0.240 e. The summed E-state index contributed by atoms with van der Waals surface area (Å²) in [6.45, 7) is 1.81. The van der Waals surface area contributed by atoms with E-state index in [0.29, 0.717) is 22.8 Å². The molecule has 0 atom stereocenters. The lowest BCUT2D eigenvalue weighted by Gasteiger charge is -2.10. The highest BCUT2D eigenvalue weighted by atomic mass is 35.5. The molecule has 0 N–H and O–H groups in total. The van der Waals surface area contributed by atoms with Crippen LogP contribution in [-0.4, -0.2) is 12.2 Å². The zero-order valence-electron chi connectivity index (χ0n) is 11.3. The normalized spacial score (nSPS) is 9.62. The molecule has 104 valence electrons. The summed E-state index contributed by atoms with van der Waals surface area (Å²) in [7, 11) is 0. The van der Waals surface area contributed by atoms with Crippen LogP contribution >= 0.6 is 11.6 Å². The van der Waals surface area contributed by atoms with E-state index in [1.54, 1.807) is 6.07 Å². The van der Waals surface area contributed by atoms with Crippen molar-refractivity contribution in [2.45, 2.75) is 13.3 Å². The number of halogens is 1. The van der Waals surface area contributed by atoms with E-state index in [1.807, 2.05) is 37.3 Å². The second-order valence-electron chi connectivity index (χ2n) is 4.39. The van der Waals surface area contributed by atoms with Gasteiger partial charge in [0.1, 0.15) is 11.4 Å². The van der Waals surface area contributed by atoms with Gasteiger partial charge in [0.25, 0.3) is 0 Å². The zero-order valence-corrected chi connectivity index (χ0v) is 12.0. The Balaban J connectivity index is 2.51. The van der Waals surface area contributed by atoms with Gasteiger partial charge in [-0.05, 0) is 42.2 Å². The predicted octanol–water partition coefficient (Wildman–Crippen LogP) is 4.17. The quantitative estimate of drug-likeness (QED) is 0.628. The highest BCUT2D eigenvalue weighted by molar-refractivity contribution is 6.31. The van der Waals surface area contributed by atoms with Crippen LogP contribution in [0.2, 0.25) is 5.02 Å². The molecule has 0 bridgehead atoms. The van der Waals surface area contributed by atoms with Crippen LogP contribution in [0, 0.1) is 6.92 Å². The molecule has 0 amide bonds. The van der Waals surface area contributed by atoms with Gasteiger partial charge < -0.3 is 0 Å². The average Bonchev–Trinajstić information content (AvgIpc) is 2.48. The number of benzene rings is 2. The van der Waals surface area contributed by atoms with Crippen molar-refractivity contribution in [2.75, 3.05) is 0 Å². The predicted molar refractivity (Wildman–Crippen MR) is 81.0 cm³/mol. The van der Waals surface area contributed by atoms with Gasteiger partial charge in [0.05, 0.1) is 0 Å². The van der Waals surface area contributed by atoms with Gasteiger partial charge in [-0.3, -0.25) is 0 Å². The third-order valence-corrected chi connectivity index (χ3v) is 3.55. The Kier molecular flexibility index (Phi) is 4.81. The Labute approximate surface area is 126 Å². The molecule has 0 saturated heterocycles. The van der Waals surface area contributed by atoms with E-state index in [-0.39, 0.29) is 0 Å². The van der Waals surface area contributed by atoms with Gasteiger partial charge in [0.2, 0.25) is 12.2 Å². The lowest BCUT2D eigenvalue weighted by atomic mass is 9.98. The second kappa shape index (κ2) is 6.78. The lowest BCUT2D eigenvalue weighted by Crippen LogP contribution is -1.93. The van der Waals surface area contributed by atoms with E-state index < -0.39 is 0 Å². The summed E-state index contributed by atoms with van der Waals surface area (Å²) >= 11 is 6.15. The SMILES string of the molecule is Cc1c(Cc2ccccc2Cl)ccc(N=C=O)c1N=C=O. The van der Waals surface area contributed by atoms with Gasteiger partial charge in [-0.15, -0.1) is 0 Å². The number of isocyanates is 2. The first kappa shape index (κ1) is 14.9. The fourth-order valence-electron chi connectivity index (χ4n) is 2.09. The van der Waals surface area contributed by atoms with Gasteiger partial charge >= 0.3 is 0 Å². The smallest absolute Gasteiger partial charge is 0.211 e. The molecule has 0 aliphatic heterocycles. The number of aliphatic imine (C=N–C) groups is 2. The molecule has 2 aromatic rings. The van der Waals surface area contributed by atoms with Crippen molar-refractivity contribution < 1.29 is 9.59 Å². The van der Waals surface area contributed by atoms with Crippen LogP contribution in [0.4, 0.5) is 11.4 Å². The van der Waals surface area contributed by atoms with Crippen molar-refractivity contribution in [3.8, 4) is 0 Å². The van der Waals surface area contributed by atoms with Gasteiger partial charge in [-0.25, -0.2) is 9.59 Å². The van der Waals surface area contributed by atoms with Crippen LogP contribution in [0.15, 0.2) is 46.4 Å². The zero-order chi connectivity index (χ0) is 15.2. The van der Waals surface area contributed by atoms with E-state index in [2.05, 4.69) is 9.98 Å². The van der Waals surface area contributed by atoms with E-state index in [4.69, 9.17) is 11.6 Å². The summed E-state index contributed by atoms with van der Waals surface area (Å²) in [5.41, 5.74) is 3.30. The standard InChI is InChI=1S/C16H11ClN2O2/c1-11-12(8-13-4-2-3-5-14(13)17)6-7-15(18-9-20)16(11)19-10-21/h2-7H,8H2,1H3. The van der Waals surface area contributed by atoms with Crippen LogP contribution in [0.25, 0.3) is 0 Å². The van der Waals surface area contributed by atoms with Gasteiger partial charge in [0, 0.05) is 5.02 Å². The van der Waals surface area contributed by atoms with E-state index in [1.165, 1.54) is 12.2 Å². The minimum atomic E-state index is 0.300. The maximum Gasteiger partial charge on any atom is 0.240 e. The first-order valence-electron chi connectivity index (χ1n) is 6.19. The van der Waals surface area contributed by atoms with E-state index in [9.17, 15) is 9.59 Å². The average molecular weight is 299 g/mol. The van der Waals surface area contributed by atoms with Crippen molar-refractivity contribution in [3.63, 3.8) is 0 Å². The van der Waals surface area contributed by atoms with Crippen molar-refractivity contribution >= 4 is 35.1 Å². The number of hydrogen-bond donors (Lipinski definition) is 0. The van der Waals surface area contributed by atoms with Crippen molar-refractivity contribution in [1.82, 2.24) is 0 Å². The molecule has 0 radical (unpaired) electrons. The molecule has 21 heavy (non-hydrogen) atoms. The number of hydrogen-bond acceptors (Lipinski definition) is 4. The number of rotatable bonds is 4. The molecule has 0 aliphatic carbocycles. The Morgan fingerprint density at radius 1 is 1.00 bits per heavy atom. The molecule has 0 fully saturated rings. The van der Waals surface area contributed by atoms with E-state index in [0.717, 1.165) is 16.7 Å². The summed E-state index contributed by atoms with van der Waals surface area (Å²) in [6, 6.07) is 11.0. The monoisotopic (exact) mass is 298 g/mol. The fourth-order valence-corrected chi connectivity index (χ4v) is 2.29. The van der Waals surface area contributed by atoms with Gasteiger partial charge in [-0.2, -0.15) is 9.98 Å². The molecule has 0 spiro atoms. The maximum absolute atomic E-state index is 10.6. The molecule has 5 heteroatoms. The van der Waals surface area contributed by atoms with Crippen molar-refractivity contribution in [3.05, 3.63) is 58.1 Å². The molecule has 0 heterocycles. The third kappa shape index (κ3) is 3.33. The summed E-state index contributed by atoms with van der Waals surface area (Å²) < 4.78 is 0. The number of carbonyl (C=O) groups excluding carboxylic acids is 2. The Morgan fingerprint density at radius 3 is 2.38 bits per heavy atom. The van der Waals surface area contributed by atoms with Crippen LogP contribution < -0.4 is 0 Å². The first-order valence-corrected chi connectivity index (χ1v) is 6.56. The Morgan fingerprint density at radius 2 is 1.71 bits per heavy atom. The second-order valence-corrected chi connectivity index (χ2v) is 4.80. The Bertz CT molecular complexity index is 774. The lowest BCUT2D eigenvalue weighted by molar-refractivity contribution is 0.564. The van der Waals surface area contributed by atoms with Gasteiger partial charge in [0.15, 0.2) is 0 Å². The molecule has 0 aliphatic rings. The number of nitrogens with zero attached hydrogens (tertiary/aromatic N) is 2. The summed E-state index contributed by atoms with van der Waals surface area (Å²) in [6.07, 6.45) is 3.53. The highest BCUT2D eigenvalue weighted by Crippen LogP contribution is 2.34. The van der Waals surface area contributed by atoms with Gasteiger partial charge in [-0.1, -0.05) is 35.9 Å². The molecule has 0 saturated carbocycles. The molecule has 0 aromatic heterocycles. The van der Waals surface area contributed by atoms with E-state index >= 15 is 0 Å². The van der Waals surface area contributed by atoms with Crippen molar-refractivity contribution in [2.24, 2.45) is 9.98 Å². The maximum atomic E-state index is 10.6. The fraction of sp³-hybridized carbons (Fsp3) is 0.125. The van der Waals surface area contributed by atoms with Crippen LogP contribution in [0.5, 0.6) is 0 Å². The summed E-state index contributed by atoms with van der Waals surface area (Å²) in [5.74, 6) is 0. The van der Waals surface area contributed by atoms with Crippen molar-refractivity contribution in [1.29, 1.82) is 0 Å². The van der Waals surface area contributed by atoms with Crippen LogP contribution in [0.3, 0.4) is 0 Å². The molecular weight excluding hydrogens is 288 g/mol. The third-order valence-electron chi connectivity index (χ3n) is 3.18. The minimum absolute atomic E-state index is 0.300. The summed E-state index contributed by atoms with van der Waals surface area (Å²) in [5, 5.41) is 0.673. The molecule has 2 aromatic carbocycles. The topological polar surface area (TPSA) is 58.9 Å². The minimum Gasteiger partial charge on any atom is -0.211 e. The molecule has 0 unspecified atom stereocenters. The van der Waals surface area contributed by atoms with Crippen LogP contribution in [-0.2, 0) is 16.0 Å².